The lowest BCUT2D eigenvalue weighted by Gasteiger charge is -2.09. The van der Waals surface area contributed by atoms with Crippen LogP contribution < -0.4 is 4.74 Å². The summed E-state index contributed by atoms with van der Waals surface area (Å²) in [5.41, 5.74) is 1.94. The van der Waals surface area contributed by atoms with Gasteiger partial charge in [-0.05, 0) is 26.0 Å². The number of aryl methyl sites for hydroxylation is 2. The molecule has 102 valence electrons. The molecule has 0 aliphatic rings. The number of ether oxygens (including phenoxy) is 1. The summed E-state index contributed by atoms with van der Waals surface area (Å²) >= 11 is 1.67. The fourth-order valence-corrected chi connectivity index (χ4v) is 2.82. The SMILES string of the molecule is Cc1nc(C)c(COc2ccccc2-c2ncn[nH]2)s1. The standard InChI is InChI=1S/C14H14N4OS/c1-9-13(20-10(2)17-9)7-19-12-6-4-3-5-11(12)14-15-8-16-18-14/h3-6,8H,7H2,1-2H3,(H,15,16,18). The molecule has 0 amide bonds. The Labute approximate surface area is 120 Å². The van der Waals surface area contributed by atoms with Crippen molar-refractivity contribution in [3.63, 3.8) is 0 Å². The van der Waals surface area contributed by atoms with Crippen molar-refractivity contribution in [2.45, 2.75) is 20.5 Å². The van der Waals surface area contributed by atoms with Gasteiger partial charge in [0.25, 0.3) is 0 Å². The molecule has 3 aromatic rings. The first-order valence-electron chi connectivity index (χ1n) is 6.24. The van der Waals surface area contributed by atoms with E-state index in [2.05, 4.69) is 20.2 Å². The Balaban J connectivity index is 1.83. The highest BCUT2D eigenvalue weighted by molar-refractivity contribution is 7.11. The maximum atomic E-state index is 5.92. The molecule has 0 bridgehead atoms. The smallest absolute Gasteiger partial charge is 0.159 e. The van der Waals surface area contributed by atoms with E-state index >= 15 is 0 Å². The number of benzene rings is 1. The van der Waals surface area contributed by atoms with Crippen molar-refractivity contribution in [2.75, 3.05) is 0 Å². The van der Waals surface area contributed by atoms with Crippen LogP contribution in [0.2, 0.25) is 0 Å². The van der Waals surface area contributed by atoms with E-state index in [1.165, 1.54) is 6.33 Å². The fraction of sp³-hybridized carbons (Fsp3) is 0.214. The molecule has 20 heavy (non-hydrogen) atoms. The Kier molecular flexibility index (Phi) is 3.47. The molecule has 1 aromatic carbocycles. The molecular formula is C14H14N4OS. The first-order chi connectivity index (χ1) is 9.74. The minimum absolute atomic E-state index is 0.516. The van der Waals surface area contributed by atoms with Crippen molar-refractivity contribution in [2.24, 2.45) is 0 Å². The molecule has 0 saturated carbocycles. The van der Waals surface area contributed by atoms with Gasteiger partial charge in [-0.2, -0.15) is 5.10 Å². The molecule has 0 aliphatic heterocycles. The van der Waals surface area contributed by atoms with Crippen LogP contribution in [-0.4, -0.2) is 20.2 Å². The second kappa shape index (κ2) is 5.42. The van der Waals surface area contributed by atoms with Gasteiger partial charge in [-0.1, -0.05) is 12.1 Å². The molecule has 3 rings (SSSR count). The molecule has 5 nitrogen and oxygen atoms in total. The number of H-pyrrole nitrogens is 1. The van der Waals surface area contributed by atoms with Gasteiger partial charge in [0, 0.05) is 0 Å². The first-order valence-corrected chi connectivity index (χ1v) is 7.06. The van der Waals surface area contributed by atoms with Gasteiger partial charge in [-0.15, -0.1) is 11.3 Å². The lowest BCUT2D eigenvalue weighted by atomic mass is 10.2. The number of hydrogen-bond donors (Lipinski definition) is 1. The molecular weight excluding hydrogens is 272 g/mol. The third-order valence-electron chi connectivity index (χ3n) is 2.92. The average Bonchev–Trinajstić information content (AvgIpc) is 3.07. The van der Waals surface area contributed by atoms with Gasteiger partial charge in [-0.3, -0.25) is 5.10 Å². The minimum atomic E-state index is 0.516. The van der Waals surface area contributed by atoms with Crippen LogP contribution in [-0.2, 0) is 6.61 Å². The summed E-state index contributed by atoms with van der Waals surface area (Å²) in [4.78, 5) is 9.72. The van der Waals surface area contributed by atoms with Crippen molar-refractivity contribution in [1.82, 2.24) is 20.2 Å². The Bertz CT molecular complexity index is 706. The third kappa shape index (κ3) is 2.55. The number of hydrogen-bond acceptors (Lipinski definition) is 5. The van der Waals surface area contributed by atoms with Crippen LogP contribution in [0.5, 0.6) is 5.75 Å². The van der Waals surface area contributed by atoms with Crippen molar-refractivity contribution in [1.29, 1.82) is 0 Å². The summed E-state index contributed by atoms with van der Waals surface area (Å²) in [5.74, 6) is 1.49. The van der Waals surface area contributed by atoms with Crippen LogP contribution >= 0.6 is 11.3 Å². The number of aromatic amines is 1. The molecule has 0 saturated heterocycles. The Morgan fingerprint density at radius 2 is 2.10 bits per heavy atom. The van der Waals surface area contributed by atoms with Crippen LogP contribution in [0.25, 0.3) is 11.4 Å². The van der Waals surface area contributed by atoms with Crippen LogP contribution in [0.15, 0.2) is 30.6 Å². The highest BCUT2D eigenvalue weighted by Gasteiger charge is 2.10. The summed E-state index contributed by atoms with van der Waals surface area (Å²) in [6.45, 7) is 4.52. The van der Waals surface area contributed by atoms with Gasteiger partial charge in [0.05, 0.1) is 21.1 Å². The Morgan fingerprint density at radius 1 is 1.25 bits per heavy atom. The predicted molar refractivity (Wildman–Crippen MR) is 77.7 cm³/mol. The number of nitrogens with zero attached hydrogens (tertiary/aromatic N) is 3. The molecule has 0 aliphatic carbocycles. The lowest BCUT2D eigenvalue weighted by molar-refractivity contribution is 0.310. The monoisotopic (exact) mass is 286 g/mol. The van der Waals surface area contributed by atoms with E-state index in [4.69, 9.17) is 4.74 Å². The highest BCUT2D eigenvalue weighted by atomic mass is 32.1. The maximum absolute atomic E-state index is 5.92. The lowest BCUT2D eigenvalue weighted by Crippen LogP contribution is -1.97. The van der Waals surface area contributed by atoms with E-state index in [0.29, 0.717) is 12.4 Å². The fourth-order valence-electron chi connectivity index (χ4n) is 1.97. The van der Waals surface area contributed by atoms with E-state index in [1.54, 1.807) is 11.3 Å². The van der Waals surface area contributed by atoms with Gasteiger partial charge >= 0.3 is 0 Å². The number of para-hydroxylation sites is 1. The topological polar surface area (TPSA) is 63.7 Å². The molecule has 0 fully saturated rings. The quantitative estimate of drug-likeness (QED) is 0.800. The van der Waals surface area contributed by atoms with Crippen LogP contribution in [0.1, 0.15) is 15.6 Å². The van der Waals surface area contributed by atoms with E-state index in [9.17, 15) is 0 Å². The van der Waals surface area contributed by atoms with Crippen LogP contribution in [0, 0.1) is 13.8 Å². The second-order valence-electron chi connectivity index (χ2n) is 4.36. The largest absolute Gasteiger partial charge is 0.487 e. The minimum Gasteiger partial charge on any atom is -0.487 e. The Hall–Kier alpha value is -2.21. The zero-order valence-electron chi connectivity index (χ0n) is 11.3. The van der Waals surface area contributed by atoms with E-state index in [1.807, 2.05) is 38.1 Å². The Morgan fingerprint density at radius 3 is 2.80 bits per heavy atom. The molecule has 0 unspecified atom stereocenters. The van der Waals surface area contributed by atoms with Crippen molar-refractivity contribution in [3.05, 3.63) is 46.2 Å². The van der Waals surface area contributed by atoms with Gasteiger partial charge in [0.1, 0.15) is 18.7 Å². The van der Waals surface area contributed by atoms with Crippen LogP contribution in [0.3, 0.4) is 0 Å². The zero-order valence-corrected chi connectivity index (χ0v) is 12.1. The molecule has 1 N–H and O–H groups in total. The molecule has 2 aromatic heterocycles. The van der Waals surface area contributed by atoms with Gasteiger partial charge in [0.15, 0.2) is 5.82 Å². The predicted octanol–water partition coefficient (Wildman–Crippen LogP) is 3.12. The van der Waals surface area contributed by atoms with Crippen molar-refractivity contribution < 1.29 is 4.74 Å². The van der Waals surface area contributed by atoms with Gasteiger partial charge in [0.2, 0.25) is 0 Å². The van der Waals surface area contributed by atoms with Gasteiger partial charge in [-0.25, -0.2) is 9.97 Å². The summed E-state index contributed by atoms with van der Waals surface area (Å²) in [7, 11) is 0. The third-order valence-corrected chi connectivity index (χ3v) is 3.96. The van der Waals surface area contributed by atoms with Crippen molar-refractivity contribution in [3.8, 4) is 17.1 Å². The van der Waals surface area contributed by atoms with Crippen molar-refractivity contribution >= 4 is 11.3 Å². The summed E-state index contributed by atoms with van der Waals surface area (Å²) < 4.78 is 5.92. The molecule has 0 spiro atoms. The molecule has 6 heteroatoms. The van der Waals surface area contributed by atoms with Gasteiger partial charge < -0.3 is 4.74 Å². The number of aromatic nitrogens is 4. The van der Waals surface area contributed by atoms with E-state index in [0.717, 1.165) is 26.9 Å². The average molecular weight is 286 g/mol. The normalized spacial score (nSPS) is 10.7. The number of nitrogens with one attached hydrogen (secondary N) is 1. The van der Waals surface area contributed by atoms with E-state index in [-0.39, 0.29) is 0 Å². The highest BCUT2D eigenvalue weighted by Crippen LogP contribution is 2.28. The molecule has 2 heterocycles. The van der Waals surface area contributed by atoms with Crippen LogP contribution in [0.4, 0.5) is 0 Å². The maximum Gasteiger partial charge on any atom is 0.159 e. The first kappa shape index (κ1) is 12.8. The molecule has 0 atom stereocenters. The summed E-state index contributed by atoms with van der Waals surface area (Å²) in [5, 5.41) is 7.79. The summed E-state index contributed by atoms with van der Waals surface area (Å²) in [6.07, 6.45) is 1.49. The second-order valence-corrected chi connectivity index (χ2v) is 5.65. The molecule has 0 radical (unpaired) electrons. The zero-order chi connectivity index (χ0) is 13.9. The summed E-state index contributed by atoms with van der Waals surface area (Å²) in [6, 6.07) is 7.79. The number of rotatable bonds is 4. The van der Waals surface area contributed by atoms with E-state index < -0.39 is 0 Å². The number of thiazole rings is 1.